The van der Waals surface area contributed by atoms with Crippen LogP contribution in [0.4, 0.5) is 41.6 Å². The molecule has 0 spiro atoms. The van der Waals surface area contributed by atoms with E-state index in [4.69, 9.17) is 14.2 Å². The lowest BCUT2D eigenvalue weighted by Crippen LogP contribution is -2.48. The molecular formula is C31H33F6N5O6. The Labute approximate surface area is 271 Å². The van der Waals surface area contributed by atoms with Crippen molar-refractivity contribution in [2.75, 3.05) is 32.3 Å². The van der Waals surface area contributed by atoms with Gasteiger partial charge >= 0.3 is 24.5 Å². The van der Waals surface area contributed by atoms with E-state index in [1.807, 2.05) is 0 Å². The molecule has 2 aromatic carbocycles. The third kappa shape index (κ3) is 7.94. The van der Waals surface area contributed by atoms with Crippen molar-refractivity contribution in [2.24, 2.45) is 0 Å². The van der Waals surface area contributed by atoms with Gasteiger partial charge in [0.25, 0.3) is 5.91 Å². The zero-order chi connectivity index (χ0) is 35.4. The lowest BCUT2D eigenvalue weighted by molar-refractivity contribution is -0.143. The smallest absolute Gasteiger partial charge is 0.416 e. The van der Waals surface area contributed by atoms with E-state index in [0.29, 0.717) is 18.6 Å². The van der Waals surface area contributed by atoms with Crippen molar-refractivity contribution in [3.8, 4) is 5.75 Å². The number of aromatic amines is 1. The van der Waals surface area contributed by atoms with Gasteiger partial charge in [-0.3, -0.25) is 14.6 Å². The number of carbonyl (C=O) groups is 3. The van der Waals surface area contributed by atoms with E-state index in [0.717, 1.165) is 17.7 Å². The molecule has 1 aliphatic rings. The van der Waals surface area contributed by atoms with Crippen LogP contribution in [0.3, 0.4) is 0 Å². The number of amides is 3. The second-order valence-corrected chi connectivity index (χ2v) is 10.9. The van der Waals surface area contributed by atoms with E-state index >= 15 is 0 Å². The summed E-state index contributed by atoms with van der Waals surface area (Å²) in [5.74, 6) is -0.543. The maximum absolute atomic E-state index is 13.7. The molecule has 2 N–H and O–H groups in total. The summed E-state index contributed by atoms with van der Waals surface area (Å²) in [6.07, 6.45) is -8.65. The van der Waals surface area contributed by atoms with E-state index < -0.39 is 65.8 Å². The third-order valence-electron chi connectivity index (χ3n) is 7.70. The van der Waals surface area contributed by atoms with Gasteiger partial charge in [0.1, 0.15) is 5.75 Å². The summed E-state index contributed by atoms with van der Waals surface area (Å²) in [6.45, 7) is 2.67. The van der Waals surface area contributed by atoms with E-state index in [2.05, 4.69) is 15.3 Å². The Kier molecular flexibility index (Phi) is 10.8. The quantitative estimate of drug-likeness (QED) is 0.247. The summed E-state index contributed by atoms with van der Waals surface area (Å²) >= 11 is 0. The van der Waals surface area contributed by atoms with Crippen LogP contribution < -0.4 is 15.0 Å². The molecule has 0 aliphatic carbocycles. The highest BCUT2D eigenvalue weighted by atomic mass is 19.4. The molecule has 3 aromatic rings. The molecular weight excluding hydrogens is 652 g/mol. The molecule has 4 rings (SSSR count). The highest BCUT2D eigenvalue weighted by Gasteiger charge is 2.42. The zero-order valence-electron chi connectivity index (χ0n) is 26.3. The fourth-order valence-electron chi connectivity index (χ4n) is 5.52. The van der Waals surface area contributed by atoms with Gasteiger partial charge in [-0.1, -0.05) is 0 Å². The first-order valence-corrected chi connectivity index (χ1v) is 14.6. The predicted molar refractivity (Wildman–Crippen MR) is 158 cm³/mol. The number of benzene rings is 2. The molecule has 0 radical (unpaired) electrons. The van der Waals surface area contributed by atoms with Crippen LogP contribution >= 0.6 is 0 Å². The van der Waals surface area contributed by atoms with Gasteiger partial charge in [0, 0.05) is 43.5 Å². The Balaban J connectivity index is 1.83. The fraction of sp³-hybridized carbons (Fsp3) is 0.419. The van der Waals surface area contributed by atoms with Gasteiger partial charge in [-0.2, -0.15) is 26.3 Å². The van der Waals surface area contributed by atoms with Crippen LogP contribution in [0, 0.1) is 0 Å². The number of aromatic nitrogens is 2. The number of nitrogens with one attached hydrogen (secondary N) is 2. The van der Waals surface area contributed by atoms with Crippen LogP contribution in [-0.2, 0) is 34.8 Å². The van der Waals surface area contributed by atoms with Crippen molar-refractivity contribution >= 4 is 23.8 Å². The summed E-state index contributed by atoms with van der Waals surface area (Å²) < 4.78 is 97.7. The maximum atomic E-state index is 13.7. The standard InChI is InChI=1S/C31H33F6N5O6/c1-5-48-29(45)42-17(2)8-24(22-12-23(26(46-3)13-25(22)42)27(43)39-7-6-21-14-38-16-40-21)41(28(44)47-4)15-18-9-19(30(32,33)34)11-20(10-18)31(35,36)37/h9-14,16-17,24H,5-8,15H2,1-4H3,(H,38,40)(H,39,43). The lowest BCUT2D eigenvalue weighted by atomic mass is 9.88. The number of nitrogens with zero attached hydrogens (tertiary/aromatic N) is 3. The topological polar surface area (TPSA) is 126 Å². The van der Waals surface area contributed by atoms with Crippen LogP contribution in [-0.4, -0.2) is 66.4 Å². The molecule has 260 valence electrons. The Morgan fingerprint density at radius 3 is 2.25 bits per heavy atom. The van der Waals surface area contributed by atoms with Crippen LogP contribution in [0.25, 0.3) is 0 Å². The predicted octanol–water partition coefficient (Wildman–Crippen LogP) is 6.49. The summed E-state index contributed by atoms with van der Waals surface area (Å²) in [4.78, 5) is 48.8. The normalized spacial score (nSPS) is 16.2. The van der Waals surface area contributed by atoms with Crippen LogP contribution in [0.1, 0.15) is 64.6 Å². The van der Waals surface area contributed by atoms with Gasteiger partial charge in [-0.25, -0.2) is 14.6 Å². The minimum atomic E-state index is -5.12. The molecule has 2 atom stereocenters. The molecule has 1 aliphatic heterocycles. The van der Waals surface area contributed by atoms with Crippen molar-refractivity contribution < 1.29 is 54.9 Å². The second-order valence-electron chi connectivity index (χ2n) is 10.9. The SMILES string of the molecule is CCOC(=O)N1c2cc(OC)c(C(=O)NCCc3cnc[nH]3)cc2C(N(Cc2cc(C(F)(F)F)cc(C(F)(F)F)c2)C(=O)OC)CC1C. The van der Waals surface area contributed by atoms with Crippen LogP contribution in [0.15, 0.2) is 42.9 Å². The first-order valence-electron chi connectivity index (χ1n) is 14.6. The Bertz CT molecular complexity index is 1600. The second kappa shape index (κ2) is 14.4. The van der Waals surface area contributed by atoms with Gasteiger partial charge in [0.2, 0.25) is 0 Å². The Morgan fingerprint density at radius 1 is 1.04 bits per heavy atom. The summed E-state index contributed by atoms with van der Waals surface area (Å²) in [6, 6.07) is 1.99. The molecule has 0 saturated heterocycles. The van der Waals surface area contributed by atoms with Crippen molar-refractivity contribution in [2.45, 2.75) is 57.7 Å². The van der Waals surface area contributed by atoms with Crippen molar-refractivity contribution in [3.63, 3.8) is 0 Å². The monoisotopic (exact) mass is 685 g/mol. The van der Waals surface area contributed by atoms with Crippen LogP contribution in [0.5, 0.6) is 5.75 Å². The number of methoxy groups -OCH3 is 2. The highest BCUT2D eigenvalue weighted by Crippen LogP contribution is 2.45. The summed E-state index contributed by atoms with van der Waals surface area (Å²) in [5.41, 5.74) is -2.51. The number of hydrogen-bond donors (Lipinski definition) is 2. The largest absolute Gasteiger partial charge is 0.496 e. The summed E-state index contributed by atoms with van der Waals surface area (Å²) in [7, 11) is 2.31. The number of carbonyl (C=O) groups excluding carboxylic acids is 3. The van der Waals surface area contributed by atoms with Crippen molar-refractivity contribution in [1.29, 1.82) is 0 Å². The van der Waals surface area contributed by atoms with Crippen molar-refractivity contribution in [3.05, 3.63) is 76.4 Å². The number of ether oxygens (including phenoxy) is 3. The zero-order valence-corrected chi connectivity index (χ0v) is 26.3. The number of halogens is 6. The number of rotatable bonds is 9. The third-order valence-corrected chi connectivity index (χ3v) is 7.70. The molecule has 17 heteroatoms. The lowest BCUT2D eigenvalue weighted by Gasteiger charge is -2.42. The fourth-order valence-corrected chi connectivity index (χ4v) is 5.52. The molecule has 2 unspecified atom stereocenters. The maximum Gasteiger partial charge on any atom is 0.416 e. The molecule has 11 nitrogen and oxygen atoms in total. The minimum Gasteiger partial charge on any atom is -0.496 e. The molecule has 3 amide bonds. The molecule has 1 aromatic heterocycles. The van der Waals surface area contributed by atoms with E-state index in [1.54, 1.807) is 20.0 Å². The van der Waals surface area contributed by atoms with E-state index in [9.17, 15) is 40.7 Å². The number of anilines is 1. The van der Waals surface area contributed by atoms with Gasteiger partial charge in [0.15, 0.2) is 0 Å². The first kappa shape index (κ1) is 35.9. The summed E-state index contributed by atoms with van der Waals surface area (Å²) in [5, 5.41) is 2.75. The Hall–Kier alpha value is -4.96. The van der Waals surface area contributed by atoms with Gasteiger partial charge in [0.05, 0.1) is 55.6 Å². The van der Waals surface area contributed by atoms with E-state index in [-0.39, 0.29) is 48.2 Å². The molecule has 2 heterocycles. The van der Waals surface area contributed by atoms with Crippen molar-refractivity contribution in [1.82, 2.24) is 20.2 Å². The van der Waals surface area contributed by atoms with E-state index in [1.165, 1.54) is 30.5 Å². The molecule has 0 fully saturated rings. The number of imidazole rings is 1. The first-order chi connectivity index (χ1) is 22.6. The van der Waals surface area contributed by atoms with Gasteiger partial charge in [-0.05, 0) is 55.7 Å². The minimum absolute atomic E-state index is 0.00698. The highest BCUT2D eigenvalue weighted by molar-refractivity contribution is 5.99. The molecule has 48 heavy (non-hydrogen) atoms. The van der Waals surface area contributed by atoms with Gasteiger partial charge in [-0.15, -0.1) is 0 Å². The Morgan fingerprint density at radius 2 is 1.71 bits per heavy atom. The number of alkyl halides is 6. The number of fused-ring (bicyclic) bond motifs is 1. The number of H-pyrrole nitrogens is 1. The average molecular weight is 686 g/mol. The molecule has 0 saturated carbocycles. The average Bonchev–Trinajstić information content (AvgIpc) is 3.55. The molecule has 0 bridgehead atoms. The van der Waals surface area contributed by atoms with Crippen LogP contribution in [0.2, 0.25) is 0 Å². The number of hydrogen-bond acceptors (Lipinski definition) is 7. The van der Waals surface area contributed by atoms with Gasteiger partial charge < -0.3 is 24.5 Å².